The van der Waals surface area contributed by atoms with Gasteiger partial charge in [0.05, 0.1) is 6.42 Å². The number of hydrogen-bond donors (Lipinski definition) is 2. The van der Waals surface area contributed by atoms with E-state index in [1.54, 1.807) is 20.8 Å². The predicted molar refractivity (Wildman–Crippen MR) is 134 cm³/mol. The molecule has 0 aromatic heterocycles. The number of benzene rings is 1. The molecule has 1 aliphatic rings. The monoisotopic (exact) mass is 490 g/mol. The number of nitrogens with zero attached hydrogens (tertiary/aromatic N) is 1. The molecule has 1 aromatic rings. The van der Waals surface area contributed by atoms with Crippen molar-refractivity contribution in [2.45, 2.75) is 103 Å². The zero-order valence-electron chi connectivity index (χ0n) is 22.2. The van der Waals surface area contributed by atoms with Gasteiger partial charge >= 0.3 is 12.1 Å². The molecule has 8 nitrogen and oxygen atoms in total. The quantitative estimate of drug-likeness (QED) is 0.547. The second-order valence-electron chi connectivity index (χ2n) is 11.3. The molecule has 35 heavy (non-hydrogen) atoms. The number of likely N-dealkylation sites (tertiary alicyclic amines) is 1. The van der Waals surface area contributed by atoms with Crippen LogP contribution in [0.2, 0.25) is 0 Å². The van der Waals surface area contributed by atoms with Crippen LogP contribution in [0.15, 0.2) is 24.3 Å². The fourth-order valence-corrected chi connectivity index (χ4v) is 4.04. The highest BCUT2D eigenvalue weighted by atomic mass is 16.6. The van der Waals surface area contributed by atoms with Crippen LogP contribution in [0.1, 0.15) is 97.1 Å². The van der Waals surface area contributed by atoms with Gasteiger partial charge in [-0.05, 0) is 77.3 Å². The molecule has 3 unspecified atom stereocenters. The van der Waals surface area contributed by atoms with E-state index in [9.17, 15) is 19.5 Å². The Morgan fingerprint density at radius 1 is 1.06 bits per heavy atom. The Labute approximate surface area is 209 Å². The van der Waals surface area contributed by atoms with Crippen molar-refractivity contribution in [3.05, 3.63) is 35.4 Å². The number of hydrogen-bond acceptors (Lipinski definition) is 6. The van der Waals surface area contributed by atoms with E-state index in [2.05, 4.69) is 5.32 Å². The second-order valence-corrected chi connectivity index (χ2v) is 11.3. The van der Waals surface area contributed by atoms with Gasteiger partial charge in [0.2, 0.25) is 5.91 Å². The number of aliphatic hydroxyl groups excluding tert-OH is 1. The van der Waals surface area contributed by atoms with Crippen molar-refractivity contribution < 1.29 is 29.0 Å². The third kappa shape index (κ3) is 9.88. The Balaban J connectivity index is 1.82. The summed E-state index contributed by atoms with van der Waals surface area (Å²) in [5.74, 6) is -0.277. The number of esters is 1. The number of piperidine rings is 1. The molecular weight excluding hydrogens is 448 g/mol. The van der Waals surface area contributed by atoms with Crippen LogP contribution in [-0.4, -0.2) is 58.5 Å². The van der Waals surface area contributed by atoms with Crippen LogP contribution in [0, 0.1) is 0 Å². The summed E-state index contributed by atoms with van der Waals surface area (Å²) in [7, 11) is 0. The van der Waals surface area contributed by atoms with Crippen molar-refractivity contribution in [1.82, 2.24) is 10.2 Å². The van der Waals surface area contributed by atoms with Gasteiger partial charge in [-0.15, -0.1) is 0 Å². The van der Waals surface area contributed by atoms with E-state index in [4.69, 9.17) is 9.47 Å². The highest BCUT2D eigenvalue weighted by molar-refractivity contribution is 5.78. The molecule has 0 aliphatic carbocycles. The van der Waals surface area contributed by atoms with Crippen molar-refractivity contribution in [1.29, 1.82) is 0 Å². The molecule has 2 amide bonds. The van der Waals surface area contributed by atoms with Gasteiger partial charge in [0.1, 0.15) is 17.4 Å². The number of carbonyl (C=O) groups is 3. The molecule has 1 aromatic carbocycles. The van der Waals surface area contributed by atoms with Crippen molar-refractivity contribution in [2.24, 2.45) is 0 Å². The van der Waals surface area contributed by atoms with E-state index < -0.39 is 23.5 Å². The maximum Gasteiger partial charge on any atom is 0.412 e. The largest absolute Gasteiger partial charge is 0.460 e. The molecular formula is C27H42N2O6. The number of ether oxygens (including phenoxy) is 2. The van der Waals surface area contributed by atoms with Crippen LogP contribution < -0.4 is 5.32 Å². The molecule has 1 fully saturated rings. The van der Waals surface area contributed by atoms with E-state index in [1.165, 1.54) is 4.90 Å². The lowest BCUT2D eigenvalue weighted by molar-refractivity contribution is -0.154. The average molecular weight is 491 g/mol. The first-order valence-corrected chi connectivity index (χ1v) is 12.4. The summed E-state index contributed by atoms with van der Waals surface area (Å²) in [6.45, 7) is 13.5. The number of amides is 2. The third-order valence-corrected chi connectivity index (χ3v) is 5.74. The number of carbonyl (C=O) groups excluding carboxylic acids is 3. The standard InChI is InChI=1S/C27H42N2O6/c1-18(16-22(30)28-14-12-24(32)34-26(2,3)4)19-8-10-20(11-9-19)21-13-15-29(23(31)17-21)25(33)35-27(5,6)7/h8-11,18,21,23,31H,12-17H2,1-7H3,(H,28,30). The zero-order valence-corrected chi connectivity index (χ0v) is 22.2. The van der Waals surface area contributed by atoms with Crippen molar-refractivity contribution >= 4 is 18.0 Å². The number of nitrogens with one attached hydrogen (secondary N) is 1. The zero-order chi connectivity index (χ0) is 26.4. The van der Waals surface area contributed by atoms with Crippen LogP contribution in [0.3, 0.4) is 0 Å². The maximum absolute atomic E-state index is 12.3. The Morgan fingerprint density at radius 2 is 1.66 bits per heavy atom. The Hall–Kier alpha value is -2.61. The lowest BCUT2D eigenvalue weighted by atomic mass is 9.87. The first-order valence-electron chi connectivity index (χ1n) is 12.4. The topological polar surface area (TPSA) is 105 Å². The van der Waals surface area contributed by atoms with E-state index in [0.29, 0.717) is 19.4 Å². The smallest absolute Gasteiger partial charge is 0.412 e. The summed E-state index contributed by atoms with van der Waals surface area (Å²) in [6, 6.07) is 8.10. The SMILES string of the molecule is CC(CC(=O)NCCC(=O)OC(C)(C)C)c1ccc(C2CCN(C(=O)OC(C)(C)C)C(O)C2)cc1. The van der Waals surface area contributed by atoms with E-state index >= 15 is 0 Å². The molecule has 0 radical (unpaired) electrons. The van der Waals surface area contributed by atoms with E-state index in [0.717, 1.165) is 17.5 Å². The fourth-order valence-electron chi connectivity index (χ4n) is 4.04. The molecule has 2 rings (SSSR count). The second kappa shape index (κ2) is 11.9. The first-order chi connectivity index (χ1) is 16.1. The first kappa shape index (κ1) is 28.6. The number of rotatable bonds is 7. The van der Waals surface area contributed by atoms with Gasteiger partial charge in [0.15, 0.2) is 0 Å². The third-order valence-electron chi connectivity index (χ3n) is 5.74. The maximum atomic E-state index is 12.3. The van der Waals surface area contributed by atoms with Crippen molar-refractivity contribution in [3.8, 4) is 0 Å². The number of aliphatic hydroxyl groups is 1. The fraction of sp³-hybridized carbons (Fsp3) is 0.667. The van der Waals surface area contributed by atoms with Crippen molar-refractivity contribution in [3.63, 3.8) is 0 Å². The van der Waals surface area contributed by atoms with E-state index in [-0.39, 0.29) is 36.7 Å². The van der Waals surface area contributed by atoms with Gasteiger partial charge in [0, 0.05) is 19.5 Å². The highest BCUT2D eigenvalue weighted by Crippen LogP contribution is 2.32. The normalized spacial score (nSPS) is 19.6. The lowest BCUT2D eigenvalue weighted by Crippen LogP contribution is -2.47. The summed E-state index contributed by atoms with van der Waals surface area (Å²) in [5.41, 5.74) is 1.01. The van der Waals surface area contributed by atoms with Gasteiger partial charge in [0.25, 0.3) is 0 Å². The lowest BCUT2D eigenvalue weighted by Gasteiger charge is -2.37. The van der Waals surface area contributed by atoms with Crippen LogP contribution >= 0.6 is 0 Å². The van der Waals surface area contributed by atoms with Crippen LogP contribution in [0.25, 0.3) is 0 Å². The minimum absolute atomic E-state index is 0.0187. The Bertz CT molecular complexity index is 869. The molecule has 2 N–H and O–H groups in total. The van der Waals surface area contributed by atoms with Crippen molar-refractivity contribution in [2.75, 3.05) is 13.1 Å². The minimum Gasteiger partial charge on any atom is -0.460 e. The summed E-state index contributed by atoms with van der Waals surface area (Å²) >= 11 is 0. The molecule has 1 saturated heterocycles. The molecule has 0 bridgehead atoms. The van der Waals surface area contributed by atoms with Gasteiger partial charge in [-0.3, -0.25) is 14.5 Å². The van der Waals surface area contributed by atoms with Gasteiger partial charge in [-0.25, -0.2) is 4.79 Å². The molecule has 0 saturated carbocycles. The molecule has 196 valence electrons. The van der Waals surface area contributed by atoms with Gasteiger partial charge < -0.3 is 19.9 Å². The average Bonchev–Trinajstić information content (AvgIpc) is 2.71. The molecule has 1 heterocycles. The highest BCUT2D eigenvalue weighted by Gasteiger charge is 2.33. The molecule has 0 spiro atoms. The Kier molecular flexibility index (Phi) is 9.72. The Morgan fingerprint density at radius 3 is 2.20 bits per heavy atom. The summed E-state index contributed by atoms with van der Waals surface area (Å²) in [4.78, 5) is 37.7. The van der Waals surface area contributed by atoms with Crippen LogP contribution in [-0.2, 0) is 19.1 Å². The van der Waals surface area contributed by atoms with E-state index in [1.807, 2.05) is 52.0 Å². The van der Waals surface area contributed by atoms with Gasteiger partial charge in [-0.1, -0.05) is 31.2 Å². The summed E-state index contributed by atoms with van der Waals surface area (Å²) in [5, 5.41) is 13.3. The molecule has 3 atom stereocenters. The summed E-state index contributed by atoms with van der Waals surface area (Å²) in [6.07, 6.45) is 0.286. The molecule has 1 aliphatic heterocycles. The summed E-state index contributed by atoms with van der Waals surface area (Å²) < 4.78 is 10.6. The minimum atomic E-state index is -0.883. The predicted octanol–water partition coefficient (Wildman–Crippen LogP) is 4.46. The van der Waals surface area contributed by atoms with Crippen LogP contribution in [0.5, 0.6) is 0 Å². The van der Waals surface area contributed by atoms with Gasteiger partial charge in [-0.2, -0.15) is 0 Å². The molecule has 8 heteroatoms. The van der Waals surface area contributed by atoms with Crippen LogP contribution in [0.4, 0.5) is 4.79 Å².